The standard InChI is InChI=1S/C16H25N3O2/c1-4-7-17-14-11-13(10-12(2)18-14)15(20)19-8-5-16(3,21)6-9-19/h10-11,21H,4-9H2,1-3H3,(H,17,18). The second kappa shape index (κ2) is 6.43. The van der Waals surface area contributed by atoms with Crippen LogP contribution in [0.4, 0.5) is 5.82 Å². The zero-order valence-electron chi connectivity index (χ0n) is 13.1. The predicted octanol–water partition coefficient (Wildman–Crippen LogP) is 2.20. The SMILES string of the molecule is CCCNc1cc(C(=O)N2CCC(C)(O)CC2)cc(C)n1. The summed E-state index contributed by atoms with van der Waals surface area (Å²) in [4.78, 5) is 18.8. The Bertz CT molecular complexity index is 504. The Hall–Kier alpha value is -1.62. The van der Waals surface area contributed by atoms with Crippen LogP contribution in [-0.2, 0) is 0 Å². The number of aromatic nitrogens is 1. The number of amides is 1. The zero-order chi connectivity index (χ0) is 15.5. The maximum absolute atomic E-state index is 12.6. The van der Waals surface area contributed by atoms with E-state index >= 15 is 0 Å². The third kappa shape index (κ3) is 4.17. The second-order valence-electron chi connectivity index (χ2n) is 6.10. The van der Waals surface area contributed by atoms with Gasteiger partial charge in [0.25, 0.3) is 5.91 Å². The van der Waals surface area contributed by atoms with Crippen LogP contribution in [0.5, 0.6) is 0 Å². The van der Waals surface area contributed by atoms with Crippen LogP contribution in [0.1, 0.15) is 49.2 Å². The number of carbonyl (C=O) groups excluding carboxylic acids is 1. The van der Waals surface area contributed by atoms with E-state index in [0.717, 1.165) is 24.5 Å². The van der Waals surface area contributed by atoms with Crippen LogP contribution in [0, 0.1) is 6.92 Å². The van der Waals surface area contributed by atoms with E-state index in [2.05, 4.69) is 17.2 Å². The van der Waals surface area contributed by atoms with E-state index in [1.54, 1.807) is 0 Å². The molecule has 1 aliphatic heterocycles. The Morgan fingerprint density at radius 3 is 2.71 bits per heavy atom. The van der Waals surface area contributed by atoms with E-state index in [1.807, 2.05) is 30.9 Å². The molecule has 21 heavy (non-hydrogen) atoms. The summed E-state index contributed by atoms with van der Waals surface area (Å²) in [6, 6.07) is 3.64. The van der Waals surface area contributed by atoms with Gasteiger partial charge in [0.15, 0.2) is 0 Å². The highest BCUT2D eigenvalue weighted by atomic mass is 16.3. The number of aryl methyl sites for hydroxylation is 1. The van der Waals surface area contributed by atoms with Crippen LogP contribution in [0.15, 0.2) is 12.1 Å². The lowest BCUT2D eigenvalue weighted by Gasteiger charge is -2.35. The monoisotopic (exact) mass is 291 g/mol. The first-order valence-corrected chi connectivity index (χ1v) is 7.65. The molecule has 0 spiro atoms. The van der Waals surface area contributed by atoms with Gasteiger partial charge in [0.1, 0.15) is 5.82 Å². The molecule has 1 aromatic rings. The summed E-state index contributed by atoms with van der Waals surface area (Å²) in [7, 11) is 0. The zero-order valence-corrected chi connectivity index (χ0v) is 13.1. The quantitative estimate of drug-likeness (QED) is 0.892. The summed E-state index contributed by atoms with van der Waals surface area (Å²) in [5.74, 6) is 0.778. The van der Waals surface area contributed by atoms with Crippen molar-refractivity contribution >= 4 is 11.7 Å². The second-order valence-corrected chi connectivity index (χ2v) is 6.10. The Balaban J connectivity index is 2.10. The summed E-state index contributed by atoms with van der Waals surface area (Å²) >= 11 is 0. The molecule has 1 aromatic heterocycles. The van der Waals surface area contributed by atoms with E-state index in [1.165, 1.54) is 0 Å². The minimum Gasteiger partial charge on any atom is -0.390 e. The first-order chi connectivity index (χ1) is 9.91. The van der Waals surface area contributed by atoms with Crippen molar-refractivity contribution in [3.05, 3.63) is 23.4 Å². The van der Waals surface area contributed by atoms with Crippen molar-refractivity contribution in [1.29, 1.82) is 0 Å². The number of hydrogen-bond acceptors (Lipinski definition) is 4. The largest absolute Gasteiger partial charge is 0.390 e. The number of pyridine rings is 1. The Morgan fingerprint density at radius 2 is 2.10 bits per heavy atom. The number of aliphatic hydroxyl groups is 1. The van der Waals surface area contributed by atoms with Crippen LogP contribution in [0.2, 0.25) is 0 Å². The number of nitrogens with one attached hydrogen (secondary N) is 1. The minimum absolute atomic E-state index is 0.0237. The minimum atomic E-state index is -0.640. The van der Waals surface area contributed by atoms with Gasteiger partial charge in [-0.2, -0.15) is 0 Å². The first-order valence-electron chi connectivity index (χ1n) is 7.65. The van der Waals surface area contributed by atoms with Crippen molar-refractivity contribution in [2.24, 2.45) is 0 Å². The van der Waals surface area contributed by atoms with E-state index in [9.17, 15) is 9.90 Å². The van der Waals surface area contributed by atoms with Gasteiger partial charge in [-0.05, 0) is 45.2 Å². The fourth-order valence-electron chi connectivity index (χ4n) is 2.51. The van der Waals surface area contributed by atoms with E-state index in [0.29, 0.717) is 31.5 Å². The molecule has 116 valence electrons. The lowest BCUT2D eigenvalue weighted by atomic mass is 9.93. The van der Waals surface area contributed by atoms with Gasteiger partial charge in [0.2, 0.25) is 0 Å². The van der Waals surface area contributed by atoms with Gasteiger partial charge in [-0.1, -0.05) is 6.92 Å². The molecule has 5 heteroatoms. The van der Waals surface area contributed by atoms with Crippen molar-refractivity contribution in [3.8, 4) is 0 Å². The highest BCUT2D eigenvalue weighted by molar-refractivity contribution is 5.95. The fourth-order valence-corrected chi connectivity index (χ4v) is 2.51. The molecule has 0 saturated carbocycles. The molecule has 2 heterocycles. The Labute approximate surface area is 126 Å². The molecule has 1 aliphatic rings. The van der Waals surface area contributed by atoms with Crippen LogP contribution in [-0.4, -0.2) is 46.1 Å². The van der Waals surface area contributed by atoms with Crippen molar-refractivity contribution in [2.45, 2.75) is 45.6 Å². The van der Waals surface area contributed by atoms with Crippen LogP contribution >= 0.6 is 0 Å². The van der Waals surface area contributed by atoms with E-state index < -0.39 is 5.60 Å². The van der Waals surface area contributed by atoms with E-state index in [4.69, 9.17) is 0 Å². The van der Waals surface area contributed by atoms with Gasteiger partial charge in [0.05, 0.1) is 5.60 Å². The van der Waals surface area contributed by atoms with Crippen molar-refractivity contribution < 1.29 is 9.90 Å². The van der Waals surface area contributed by atoms with Gasteiger partial charge in [-0.25, -0.2) is 4.98 Å². The summed E-state index contributed by atoms with van der Waals surface area (Å²) < 4.78 is 0. The number of rotatable bonds is 4. The number of carbonyl (C=O) groups is 1. The number of likely N-dealkylation sites (tertiary alicyclic amines) is 1. The molecule has 2 N–H and O–H groups in total. The van der Waals surface area contributed by atoms with Crippen molar-refractivity contribution in [3.63, 3.8) is 0 Å². The third-order valence-corrected chi connectivity index (χ3v) is 3.88. The normalized spacial score (nSPS) is 17.6. The van der Waals surface area contributed by atoms with Crippen molar-refractivity contribution in [1.82, 2.24) is 9.88 Å². The number of nitrogens with zero attached hydrogens (tertiary/aromatic N) is 2. The molecule has 1 saturated heterocycles. The van der Waals surface area contributed by atoms with E-state index in [-0.39, 0.29) is 5.91 Å². The maximum Gasteiger partial charge on any atom is 0.254 e. The molecule has 0 radical (unpaired) electrons. The molecule has 0 aliphatic carbocycles. The lowest BCUT2D eigenvalue weighted by Crippen LogP contribution is -2.45. The molecular formula is C16H25N3O2. The van der Waals surface area contributed by atoms with Crippen LogP contribution in [0.3, 0.4) is 0 Å². The topological polar surface area (TPSA) is 65.5 Å². The van der Waals surface area contributed by atoms with Crippen LogP contribution in [0.25, 0.3) is 0 Å². The maximum atomic E-state index is 12.6. The van der Waals surface area contributed by atoms with Gasteiger partial charge in [0, 0.05) is 30.9 Å². The van der Waals surface area contributed by atoms with Gasteiger partial charge in [-0.15, -0.1) is 0 Å². The number of anilines is 1. The average molecular weight is 291 g/mol. The van der Waals surface area contributed by atoms with Gasteiger partial charge < -0.3 is 15.3 Å². The fraction of sp³-hybridized carbons (Fsp3) is 0.625. The molecule has 0 bridgehead atoms. The van der Waals surface area contributed by atoms with Crippen LogP contribution < -0.4 is 5.32 Å². The number of piperidine rings is 1. The summed E-state index contributed by atoms with van der Waals surface area (Å²) in [5.41, 5.74) is 0.866. The highest BCUT2D eigenvalue weighted by Gasteiger charge is 2.30. The summed E-state index contributed by atoms with van der Waals surface area (Å²) in [6.45, 7) is 7.87. The number of hydrogen-bond donors (Lipinski definition) is 2. The summed E-state index contributed by atoms with van der Waals surface area (Å²) in [5, 5.41) is 13.2. The third-order valence-electron chi connectivity index (χ3n) is 3.88. The molecule has 0 atom stereocenters. The molecular weight excluding hydrogens is 266 g/mol. The summed E-state index contributed by atoms with van der Waals surface area (Å²) in [6.07, 6.45) is 2.27. The molecule has 0 aromatic carbocycles. The van der Waals surface area contributed by atoms with Crippen molar-refractivity contribution in [2.75, 3.05) is 25.0 Å². The van der Waals surface area contributed by atoms with Gasteiger partial charge >= 0.3 is 0 Å². The Kier molecular flexibility index (Phi) is 4.83. The molecule has 1 fully saturated rings. The molecule has 1 amide bonds. The lowest BCUT2D eigenvalue weighted by molar-refractivity contribution is -0.00203. The molecule has 0 unspecified atom stereocenters. The Morgan fingerprint density at radius 1 is 1.43 bits per heavy atom. The molecule has 5 nitrogen and oxygen atoms in total. The highest BCUT2D eigenvalue weighted by Crippen LogP contribution is 2.23. The average Bonchev–Trinajstić information content (AvgIpc) is 2.44. The first kappa shape index (κ1) is 15.8. The molecule has 2 rings (SSSR count). The smallest absolute Gasteiger partial charge is 0.254 e. The predicted molar refractivity (Wildman–Crippen MR) is 83.5 cm³/mol. The van der Waals surface area contributed by atoms with Gasteiger partial charge in [-0.3, -0.25) is 4.79 Å².